The number of benzene rings is 2. The summed E-state index contributed by atoms with van der Waals surface area (Å²) in [6, 6.07) is 10.2. The van der Waals surface area contributed by atoms with Crippen LogP contribution in [0.3, 0.4) is 0 Å². The minimum Gasteiger partial charge on any atom is -0.484 e. The van der Waals surface area contributed by atoms with Crippen molar-refractivity contribution in [1.82, 2.24) is 10.9 Å². The second-order valence-electron chi connectivity index (χ2n) is 5.04. The van der Waals surface area contributed by atoms with Crippen LogP contribution in [-0.2, 0) is 9.59 Å². The van der Waals surface area contributed by atoms with E-state index in [1.54, 1.807) is 18.2 Å². The number of hydrogen-bond acceptors (Lipinski definition) is 4. The topological polar surface area (TPSA) is 76.7 Å². The van der Waals surface area contributed by atoms with Gasteiger partial charge in [0.2, 0.25) is 0 Å². The third-order valence-electron chi connectivity index (χ3n) is 3.02. The Morgan fingerprint density at radius 3 is 2.04 bits per heavy atom. The van der Waals surface area contributed by atoms with Gasteiger partial charge in [-0.1, -0.05) is 11.6 Å². The number of hydrogen-bond donors (Lipinski definition) is 2. The van der Waals surface area contributed by atoms with Gasteiger partial charge in [0.1, 0.15) is 17.3 Å². The number of aryl methyl sites for hydroxylation is 1. The summed E-state index contributed by atoms with van der Waals surface area (Å²) in [5.74, 6) is -0.685. The fourth-order valence-corrected chi connectivity index (χ4v) is 1.86. The molecule has 0 saturated carbocycles. The van der Waals surface area contributed by atoms with Gasteiger partial charge >= 0.3 is 0 Å². The van der Waals surface area contributed by atoms with Crippen LogP contribution < -0.4 is 20.3 Å². The van der Waals surface area contributed by atoms with Crippen molar-refractivity contribution in [3.05, 3.63) is 58.9 Å². The highest BCUT2D eigenvalue weighted by Crippen LogP contribution is 2.20. The van der Waals surface area contributed by atoms with Crippen LogP contribution in [0.25, 0.3) is 0 Å². The molecule has 0 aromatic heterocycles. The monoisotopic (exact) mass is 366 g/mol. The Morgan fingerprint density at radius 2 is 1.48 bits per heavy atom. The first-order valence-corrected chi connectivity index (χ1v) is 7.67. The molecule has 0 aliphatic rings. The highest BCUT2D eigenvalue weighted by molar-refractivity contribution is 6.31. The minimum absolute atomic E-state index is 0.278. The van der Waals surface area contributed by atoms with Crippen molar-refractivity contribution in [3.63, 3.8) is 0 Å². The standard InChI is InChI=1S/C17H16ClFN2O4/c1-11-8-14(6-7-15(11)18)25-10-17(23)21-20-16(22)9-24-13-4-2-12(19)3-5-13/h2-8H,9-10H2,1H3,(H,20,22)(H,21,23). The summed E-state index contributed by atoms with van der Waals surface area (Å²) in [6.07, 6.45) is 0. The summed E-state index contributed by atoms with van der Waals surface area (Å²) in [6.45, 7) is 1.21. The Kier molecular flexibility index (Phi) is 6.59. The van der Waals surface area contributed by atoms with E-state index in [-0.39, 0.29) is 13.2 Å². The van der Waals surface area contributed by atoms with Crippen molar-refractivity contribution >= 4 is 23.4 Å². The molecule has 0 aliphatic heterocycles. The zero-order valence-corrected chi connectivity index (χ0v) is 14.1. The molecule has 0 bridgehead atoms. The maximum Gasteiger partial charge on any atom is 0.276 e. The first kappa shape index (κ1) is 18.5. The fourth-order valence-electron chi connectivity index (χ4n) is 1.75. The molecule has 0 aliphatic carbocycles. The smallest absolute Gasteiger partial charge is 0.276 e. The number of amides is 2. The molecule has 0 atom stereocenters. The van der Waals surface area contributed by atoms with Crippen LogP contribution >= 0.6 is 11.6 Å². The van der Waals surface area contributed by atoms with E-state index >= 15 is 0 Å². The molecule has 2 aromatic rings. The lowest BCUT2D eigenvalue weighted by atomic mass is 10.2. The summed E-state index contributed by atoms with van der Waals surface area (Å²) < 4.78 is 23.2. The largest absolute Gasteiger partial charge is 0.484 e. The molecule has 0 heterocycles. The Labute approximate surface area is 148 Å². The molecule has 0 spiro atoms. The van der Waals surface area contributed by atoms with Crippen molar-refractivity contribution in [2.75, 3.05) is 13.2 Å². The Bertz CT molecular complexity index is 753. The maximum absolute atomic E-state index is 12.7. The van der Waals surface area contributed by atoms with Crippen LogP contribution in [0.2, 0.25) is 5.02 Å². The lowest BCUT2D eigenvalue weighted by Gasteiger charge is -2.10. The van der Waals surface area contributed by atoms with Crippen LogP contribution in [0, 0.1) is 12.7 Å². The molecule has 2 N–H and O–H groups in total. The lowest BCUT2D eigenvalue weighted by Crippen LogP contribution is -2.45. The molecule has 0 radical (unpaired) electrons. The average Bonchev–Trinajstić information content (AvgIpc) is 2.60. The first-order chi connectivity index (χ1) is 11.9. The Morgan fingerprint density at radius 1 is 0.960 bits per heavy atom. The molecule has 0 fully saturated rings. The summed E-state index contributed by atoms with van der Waals surface area (Å²) >= 11 is 5.90. The predicted octanol–water partition coefficient (Wildman–Crippen LogP) is 2.39. The maximum atomic E-state index is 12.7. The van der Waals surface area contributed by atoms with Gasteiger partial charge in [0.15, 0.2) is 13.2 Å². The van der Waals surface area contributed by atoms with Crippen molar-refractivity contribution in [2.45, 2.75) is 6.92 Å². The zero-order valence-electron chi connectivity index (χ0n) is 13.3. The number of carbonyl (C=O) groups excluding carboxylic acids is 2. The molecule has 0 unspecified atom stereocenters. The van der Waals surface area contributed by atoms with Crippen LogP contribution in [0.15, 0.2) is 42.5 Å². The van der Waals surface area contributed by atoms with Gasteiger partial charge < -0.3 is 9.47 Å². The second kappa shape index (κ2) is 8.89. The molecule has 6 nitrogen and oxygen atoms in total. The number of carbonyl (C=O) groups is 2. The lowest BCUT2D eigenvalue weighted by molar-refractivity contribution is -0.131. The molecule has 2 aromatic carbocycles. The third-order valence-corrected chi connectivity index (χ3v) is 3.45. The van der Waals surface area contributed by atoms with Crippen molar-refractivity contribution in [1.29, 1.82) is 0 Å². The van der Waals surface area contributed by atoms with Gasteiger partial charge in [0, 0.05) is 5.02 Å². The molecule has 132 valence electrons. The first-order valence-electron chi connectivity index (χ1n) is 7.29. The highest BCUT2D eigenvalue weighted by Gasteiger charge is 2.07. The van der Waals surface area contributed by atoms with Crippen LogP contribution in [0.4, 0.5) is 4.39 Å². The molecule has 8 heteroatoms. The van der Waals surface area contributed by atoms with Gasteiger partial charge in [-0.05, 0) is 55.0 Å². The SMILES string of the molecule is Cc1cc(OCC(=O)NNC(=O)COc2ccc(F)cc2)ccc1Cl. The molecule has 2 rings (SSSR count). The summed E-state index contributed by atoms with van der Waals surface area (Å²) in [7, 11) is 0. The van der Waals surface area contributed by atoms with E-state index in [1.165, 1.54) is 24.3 Å². The Hall–Kier alpha value is -2.80. The number of hydrazine groups is 1. The third kappa shape index (κ3) is 6.31. The number of nitrogens with one attached hydrogen (secondary N) is 2. The van der Waals surface area contributed by atoms with Crippen molar-refractivity contribution in [2.24, 2.45) is 0 Å². The second-order valence-corrected chi connectivity index (χ2v) is 5.45. The van der Waals surface area contributed by atoms with E-state index in [0.717, 1.165) is 5.56 Å². The number of rotatable bonds is 6. The van der Waals surface area contributed by atoms with E-state index in [9.17, 15) is 14.0 Å². The molecule has 25 heavy (non-hydrogen) atoms. The Balaban J connectivity index is 1.67. The van der Waals surface area contributed by atoms with Crippen molar-refractivity contribution in [3.8, 4) is 11.5 Å². The van der Waals surface area contributed by atoms with Crippen molar-refractivity contribution < 1.29 is 23.5 Å². The van der Waals surface area contributed by atoms with E-state index < -0.39 is 17.6 Å². The minimum atomic E-state index is -0.569. The van der Waals surface area contributed by atoms with E-state index in [2.05, 4.69) is 10.9 Å². The normalized spacial score (nSPS) is 10.0. The van der Waals surface area contributed by atoms with E-state index in [4.69, 9.17) is 21.1 Å². The van der Waals surface area contributed by atoms with Crippen LogP contribution in [0.1, 0.15) is 5.56 Å². The van der Waals surface area contributed by atoms with E-state index in [1.807, 2.05) is 6.92 Å². The van der Waals surface area contributed by atoms with Gasteiger partial charge in [-0.25, -0.2) is 4.39 Å². The summed E-state index contributed by atoms with van der Waals surface area (Å²) in [5.41, 5.74) is 5.20. The number of halogens is 2. The molecule has 2 amide bonds. The molecular formula is C17H16ClFN2O4. The van der Waals surface area contributed by atoms with Gasteiger partial charge in [-0.2, -0.15) is 0 Å². The average molecular weight is 367 g/mol. The highest BCUT2D eigenvalue weighted by atomic mass is 35.5. The van der Waals surface area contributed by atoms with Gasteiger partial charge in [0.05, 0.1) is 0 Å². The summed E-state index contributed by atoms with van der Waals surface area (Å²) in [5, 5.41) is 0.602. The van der Waals surface area contributed by atoms with Gasteiger partial charge in [-0.15, -0.1) is 0 Å². The fraction of sp³-hybridized carbons (Fsp3) is 0.176. The van der Waals surface area contributed by atoms with Crippen LogP contribution in [0.5, 0.6) is 11.5 Å². The molecule has 0 saturated heterocycles. The zero-order chi connectivity index (χ0) is 18.2. The quantitative estimate of drug-likeness (QED) is 0.770. The van der Waals surface area contributed by atoms with Gasteiger partial charge in [0.25, 0.3) is 11.8 Å². The number of ether oxygens (including phenoxy) is 2. The summed E-state index contributed by atoms with van der Waals surface area (Å²) in [4.78, 5) is 23.2. The van der Waals surface area contributed by atoms with Gasteiger partial charge in [-0.3, -0.25) is 20.4 Å². The van der Waals surface area contributed by atoms with E-state index in [0.29, 0.717) is 16.5 Å². The van der Waals surface area contributed by atoms with Crippen LogP contribution in [-0.4, -0.2) is 25.0 Å². The molecular weight excluding hydrogens is 351 g/mol. The predicted molar refractivity (Wildman–Crippen MR) is 89.9 cm³/mol.